The summed E-state index contributed by atoms with van der Waals surface area (Å²) < 4.78 is 22.1. The van der Waals surface area contributed by atoms with Crippen LogP contribution < -0.4 is 4.74 Å². The summed E-state index contributed by atoms with van der Waals surface area (Å²) in [7, 11) is 1.56. The van der Waals surface area contributed by atoms with Crippen molar-refractivity contribution in [3.05, 3.63) is 65.2 Å². The fraction of sp³-hybridized carbons (Fsp3) is 0.364. The maximum atomic E-state index is 12.4. The highest BCUT2D eigenvalue weighted by atomic mass is 17.2. The highest BCUT2D eigenvalue weighted by Gasteiger charge is 2.50. The maximum absolute atomic E-state index is 12.4. The van der Waals surface area contributed by atoms with Crippen molar-refractivity contribution in [3.63, 3.8) is 0 Å². The minimum absolute atomic E-state index is 0.225. The van der Waals surface area contributed by atoms with Gasteiger partial charge in [0.25, 0.3) is 0 Å². The number of methoxy groups -OCH3 is 1. The second-order valence-electron chi connectivity index (χ2n) is 7.02. The summed E-state index contributed by atoms with van der Waals surface area (Å²) >= 11 is 0. The third-order valence-corrected chi connectivity index (χ3v) is 5.08. The number of benzene rings is 2. The Hall–Kier alpha value is -2.78. The van der Waals surface area contributed by atoms with E-state index in [1.54, 1.807) is 55.6 Å². The van der Waals surface area contributed by atoms with E-state index in [0.29, 0.717) is 16.9 Å². The van der Waals surface area contributed by atoms with E-state index >= 15 is 0 Å². The molecular formula is C22H22O8. The fourth-order valence-electron chi connectivity index (χ4n) is 3.43. The monoisotopic (exact) mass is 414 g/mol. The van der Waals surface area contributed by atoms with E-state index in [1.807, 2.05) is 0 Å². The second kappa shape index (κ2) is 9.36. The molecule has 0 radical (unpaired) electrons. The number of hydrogen-bond acceptors (Lipinski definition) is 8. The molecular weight excluding hydrogens is 392 g/mol. The van der Waals surface area contributed by atoms with Gasteiger partial charge in [0.15, 0.2) is 6.10 Å². The maximum Gasteiger partial charge on any atom is 0.338 e. The molecule has 2 saturated heterocycles. The molecule has 2 aromatic rings. The van der Waals surface area contributed by atoms with Crippen molar-refractivity contribution in [1.82, 2.24) is 0 Å². The van der Waals surface area contributed by atoms with Crippen LogP contribution in [0.25, 0.3) is 0 Å². The normalized spacial score (nSPS) is 25.0. The van der Waals surface area contributed by atoms with Gasteiger partial charge >= 0.3 is 5.97 Å². The summed E-state index contributed by atoms with van der Waals surface area (Å²) in [6.07, 6.45) is -0.946. The number of ether oxygens (including phenoxy) is 4. The Labute approximate surface area is 173 Å². The van der Waals surface area contributed by atoms with Gasteiger partial charge < -0.3 is 18.9 Å². The topological polar surface area (TPSA) is 89.5 Å². The van der Waals surface area contributed by atoms with E-state index in [9.17, 15) is 9.59 Å². The smallest absolute Gasteiger partial charge is 0.338 e. The van der Waals surface area contributed by atoms with Crippen LogP contribution in [-0.4, -0.2) is 57.0 Å². The average Bonchev–Trinajstić information content (AvgIpc) is 3.37. The first kappa shape index (κ1) is 20.5. The molecule has 4 rings (SSSR count). The molecule has 0 amide bonds. The van der Waals surface area contributed by atoms with Crippen LogP contribution in [0.5, 0.6) is 5.75 Å². The summed E-state index contributed by atoms with van der Waals surface area (Å²) in [4.78, 5) is 33.9. The quantitative estimate of drug-likeness (QED) is 0.281. The van der Waals surface area contributed by atoms with Crippen molar-refractivity contribution >= 4 is 12.3 Å². The molecule has 30 heavy (non-hydrogen) atoms. The van der Waals surface area contributed by atoms with Crippen molar-refractivity contribution in [3.8, 4) is 5.75 Å². The Bertz CT molecular complexity index is 864. The fourth-order valence-corrected chi connectivity index (χ4v) is 3.43. The van der Waals surface area contributed by atoms with Crippen molar-refractivity contribution in [2.45, 2.75) is 31.0 Å². The lowest BCUT2D eigenvalue weighted by Gasteiger charge is -2.17. The van der Waals surface area contributed by atoms with Gasteiger partial charge in [-0.2, -0.15) is 0 Å². The molecule has 0 bridgehead atoms. The van der Waals surface area contributed by atoms with Crippen LogP contribution in [0.1, 0.15) is 26.3 Å². The number of esters is 1. The Morgan fingerprint density at radius 3 is 2.33 bits per heavy atom. The van der Waals surface area contributed by atoms with Gasteiger partial charge in [-0.05, 0) is 29.8 Å². The molecule has 0 N–H and O–H groups in total. The summed E-state index contributed by atoms with van der Waals surface area (Å²) in [5.41, 5.74) is 1.89. The van der Waals surface area contributed by atoms with E-state index in [4.69, 9.17) is 28.7 Å². The SMILES string of the molecule is COc1ccc(C(=O)OC2COC3C2OC[C@H]3OOCc2ccc(C=O)cc2)cc1. The zero-order chi connectivity index (χ0) is 20.9. The zero-order valence-electron chi connectivity index (χ0n) is 16.4. The Morgan fingerprint density at radius 1 is 1.00 bits per heavy atom. The van der Waals surface area contributed by atoms with Crippen molar-refractivity contribution in [2.24, 2.45) is 0 Å². The van der Waals surface area contributed by atoms with E-state index in [0.717, 1.165) is 11.8 Å². The minimum Gasteiger partial charge on any atom is -0.497 e. The molecule has 0 saturated carbocycles. The van der Waals surface area contributed by atoms with Crippen LogP contribution in [0, 0.1) is 0 Å². The van der Waals surface area contributed by atoms with Crippen LogP contribution in [0.2, 0.25) is 0 Å². The number of fused-ring (bicyclic) bond motifs is 1. The highest BCUT2D eigenvalue weighted by Crippen LogP contribution is 2.31. The minimum atomic E-state index is -0.519. The number of rotatable bonds is 8. The highest BCUT2D eigenvalue weighted by molar-refractivity contribution is 5.89. The predicted molar refractivity (Wildman–Crippen MR) is 103 cm³/mol. The molecule has 0 aromatic heterocycles. The van der Waals surface area contributed by atoms with Gasteiger partial charge in [-0.25, -0.2) is 14.6 Å². The van der Waals surface area contributed by atoms with E-state index in [2.05, 4.69) is 0 Å². The number of aldehydes is 1. The zero-order valence-corrected chi connectivity index (χ0v) is 16.4. The molecule has 2 fully saturated rings. The van der Waals surface area contributed by atoms with Gasteiger partial charge in [-0.1, -0.05) is 24.3 Å². The van der Waals surface area contributed by atoms with Gasteiger partial charge in [0.05, 0.1) is 25.9 Å². The molecule has 2 aromatic carbocycles. The number of carbonyl (C=O) groups excluding carboxylic acids is 2. The molecule has 8 heteroatoms. The van der Waals surface area contributed by atoms with Crippen molar-refractivity contribution < 1.29 is 38.3 Å². The molecule has 2 aliphatic heterocycles. The van der Waals surface area contributed by atoms with Crippen LogP contribution in [0.3, 0.4) is 0 Å². The van der Waals surface area contributed by atoms with E-state index < -0.39 is 24.3 Å². The summed E-state index contributed by atoms with van der Waals surface area (Å²) in [5, 5.41) is 0. The molecule has 4 atom stereocenters. The molecule has 0 spiro atoms. The van der Waals surface area contributed by atoms with Gasteiger partial charge in [-0.15, -0.1) is 0 Å². The van der Waals surface area contributed by atoms with Crippen molar-refractivity contribution in [2.75, 3.05) is 20.3 Å². The Balaban J connectivity index is 1.26. The lowest BCUT2D eigenvalue weighted by atomic mass is 10.1. The summed E-state index contributed by atoms with van der Waals surface area (Å²) in [6, 6.07) is 13.7. The van der Waals surface area contributed by atoms with Gasteiger partial charge in [-0.3, -0.25) is 4.79 Å². The number of carbonyl (C=O) groups is 2. The first-order valence-corrected chi connectivity index (χ1v) is 9.58. The molecule has 0 aliphatic carbocycles. The van der Waals surface area contributed by atoms with Crippen LogP contribution in [0.15, 0.2) is 48.5 Å². The Kier molecular flexibility index (Phi) is 6.39. The summed E-state index contributed by atoms with van der Waals surface area (Å²) in [6.45, 7) is 0.725. The lowest BCUT2D eigenvalue weighted by molar-refractivity contribution is -0.341. The van der Waals surface area contributed by atoms with Crippen LogP contribution in [0.4, 0.5) is 0 Å². The van der Waals surface area contributed by atoms with Gasteiger partial charge in [0, 0.05) is 5.56 Å². The second-order valence-corrected chi connectivity index (χ2v) is 7.02. The standard InChI is InChI=1S/C22H22O8/c1-25-17-8-6-16(7-9-17)22(24)29-18-12-26-21-19(13-27-20(18)21)30-28-11-15-4-2-14(10-23)3-5-15/h2-10,18-21H,11-13H2,1H3/t18?,19-,20?,21?/m1/s1. The number of hydrogen-bond donors (Lipinski definition) is 0. The third kappa shape index (κ3) is 4.52. The Morgan fingerprint density at radius 2 is 1.67 bits per heavy atom. The van der Waals surface area contributed by atoms with E-state index in [-0.39, 0.29) is 25.9 Å². The van der Waals surface area contributed by atoms with E-state index in [1.165, 1.54) is 0 Å². The molecule has 2 aliphatic rings. The van der Waals surface area contributed by atoms with Crippen LogP contribution >= 0.6 is 0 Å². The van der Waals surface area contributed by atoms with Crippen LogP contribution in [-0.2, 0) is 30.6 Å². The predicted octanol–water partition coefficient (Wildman–Crippen LogP) is 2.35. The van der Waals surface area contributed by atoms with Crippen molar-refractivity contribution in [1.29, 1.82) is 0 Å². The molecule has 3 unspecified atom stereocenters. The first-order chi connectivity index (χ1) is 14.7. The molecule has 158 valence electrons. The molecule has 2 heterocycles. The largest absolute Gasteiger partial charge is 0.497 e. The third-order valence-electron chi connectivity index (χ3n) is 5.08. The molecule has 8 nitrogen and oxygen atoms in total. The van der Waals surface area contributed by atoms with Gasteiger partial charge in [0.2, 0.25) is 0 Å². The lowest BCUT2D eigenvalue weighted by Crippen LogP contribution is -2.35. The van der Waals surface area contributed by atoms with Gasteiger partial charge in [0.1, 0.15) is 37.0 Å². The average molecular weight is 414 g/mol. The first-order valence-electron chi connectivity index (χ1n) is 9.58. The summed E-state index contributed by atoms with van der Waals surface area (Å²) in [5.74, 6) is 0.213.